The topological polar surface area (TPSA) is 89.4 Å². The summed E-state index contributed by atoms with van der Waals surface area (Å²) in [6.07, 6.45) is 0. The molecule has 0 aromatic rings. The van der Waals surface area contributed by atoms with E-state index < -0.39 is 20.1 Å². The number of hydrogen-bond acceptors (Lipinski definition) is 4. The van der Waals surface area contributed by atoms with Crippen LogP contribution in [-0.2, 0) is 16.5 Å². The van der Waals surface area contributed by atoms with E-state index in [9.17, 15) is 0 Å². The number of halogens is 1. The number of hydrogen-bond donors (Lipinski definition) is 1. The van der Waals surface area contributed by atoms with Gasteiger partial charge in [0, 0.05) is 19.9 Å². The van der Waals surface area contributed by atoms with Gasteiger partial charge in [-0.1, -0.05) is 0 Å². The Bertz CT molecular complexity index is 23.0. The second kappa shape index (κ2) is 3.12. The molecule has 0 radical (unpaired) electrons. The zero-order valence-corrected chi connectivity index (χ0v) is 5.51. The molecule has 0 aliphatic rings. The van der Waals surface area contributed by atoms with Crippen molar-refractivity contribution >= 4 is 0 Å². The van der Waals surface area contributed by atoms with Gasteiger partial charge in [0.1, 0.15) is 0 Å². The van der Waals surface area contributed by atoms with Crippen molar-refractivity contribution in [1.82, 2.24) is 0 Å². The van der Waals surface area contributed by atoms with Crippen molar-refractivity contribution in [3.05, 3.63) is 0 Å². The average Bonchev–Trinajstić information content (AvgIpc) is 0.722. The van der Waals surface area contributed by atoms with Crippen LogP contribution in [0.5, 0.6) is 0 Å². The molecule has 6 heteroatoms. The van der Waals surface area contributed by atoms with Crippen molar-refractivity contribution in [3.63, 3.8) is 0 Å². The van der Waals surface area contributed by atoms with Gasteiger partial charge in [-0.15, -0.1) is 0 Å². The van der Waals surface area contributed by atoms with Crippen molar-refractivity contribution in [2.45, 2.75) is 0 Å². The van der Waals surface area contributed by atoms with Gasteiger partial charge in [0.15, 0.2) is 0 Å². The molecular weight excluding hydrogens is 250 g/mol. The van der Waals surface area contributed by atoms with Gasteiger partial charge in [0.25, 0.3) is 0 Å². The van der Waals surface area contributed by atoms with Crippen LogP contribution in [0.2, 0.25) is 0 Å². The van der Waals surface area contributed by atoms with E-state index in [0.717, 1.165) is 0 Å². The van der Waals surface area contributed by atoms with E-state index in [-0.39, 0.29) is 16.5 Å². The summed E-state index contributed by atoms with van der Waals surface area (Å²) < 4.78 is 33.2. The predicted octanol–water partition coefficient (Wildman–Crippen LogP) is -7.12. The molecule has 0 atom stereocenters. The third-order valence-electron chi connectivity index (χ3n) is 0. The van der Waals surface area contributed by atoms with Gasteiger partial charge in [-0.25, -0.2) is 0 Å². The maximum atomic E-state index is 8.73. The Morgan fingerprint density at radius 3 is 1.17 bits per heavy atom. The summed E-state index contributed by atoms with van der Waals surface area (Å²) >= 11 is -5.69. The third kappa shape index (κ3) is 73.9. The molecular formula is HINiO4. The zero-order chi connectivity index (χ0) is 4.50. The van der Waals surface area contributed by atoms with E-state index in [1.165, 1.54) is 0 Å². The first-order valence-electron chi connectivity index (χ1n) is 0.632. The molecule has 0 spiro atoms. The van der Waals surface area contributed by atoms with Gasteiger partial charge in [-0.05, 0) is 0 Å². The van der Waals surface area contributed by atoms with Gasteiger partial charge in [0.2, 0.25) is 0 Å². The van der Waals surface area contributed by atoms with E-state index in [1.54, 1.807) is 0 Å². The largest absolute Gasteiger partial charge is 0.368 e. The Labute approximate surface area is 50.4 Å². The minimum atomic E-state index is -5.69. The molecule has 0 aromatic heterocycles. The third-order valence-corrected chi connectivity index (χ3v) is 0. The van der Waals surface area contributed by atoms with Crippen LogP contribution in [0.3, 0.4) is 0 Å². The summed E-state index contributed by atoms with van der Waals surface area (Å²) in [4.78, 5) is 0. The number of rotatable bonds is 0. The monoisotopic (exact) mass is 250 g/mol. The molecule has 0 amide bonds. The quantitative estimate of drug-likeness (QED) is 0.342. The first-order valence-corrected chi connectivity index (χ1v) is 4.24. The van der Waals surface area contributed by atoms with Crippen molar-refractivity contribution in [3.8, 4) is 0 Å². The van der Waals surface area contributed by atoms with E-state index in [4.69, 9.17) is 13.7 Å². The van der Waals surface area contributed by atoms with E-state index in [2.05, 4.69) is 0 Å². The summed E-state index contributed by atoms with van der Waals surface area (Å²) in [5.41, 5.74) is 0. The van der Waals surface area contributed by atoms with E-state index in [0.29, 0.717) is 0 Å². The molecule has 0 rings (SSSR count). The van der Waals surface area contributed by atoms with Gasteiger partial charge >= 0.3 is 20.1 Å². The molecule has 42 valence electrons. The minimum Gasteiger partial charge on any atom is -0.256 e. The fraction of sp³-hybridized carbons (Fsp3) is 0. The zero-order valence-electron chi connectivity index (χ0n) is 2.37. The summed E-state index contributed by atoms with van der Waals surface area (Å²) in [6, 6.07) is 0. The SMILES string of the molecule is [Ni].[O-][I+3]([O-])([O-])O. The van der Waals surface area contributed by atoms with Crippen molar-refractivity contribution < 1.29 is 50.3 Å². The molecule has 0 aliphatic carbocycles. The Morgan fingerprint density at radius 2 is 1.17 bits per heavy atom. The van der Waals surface area contributed by atoms with Gasteiger partial charge in [-0.3, -0.25) is 10.3 Å². The Morgan fingerprint density at radius 1 is 1.17 bits per heavy atom. The summed E-state index contributed by atoms with van der Waals surface area (Å²) in [5, 5.41) is 0. The molecule has 0 heterocycles. The van der Waals surface area contributed by atoms with Crippen LogP contribution in [0.25, 0.3) is 0 Å². The molecule has 0 saturated carbocycles. The molecule has 0 fully saturated rings. The molecule has 0 bridgehead atoms. The standard InChI is InChI=1S/HIO4.Ni/c2-1(3,4)5;/h2H;. The van der Waals surface area contributed by atoms with E-state index in [1.807, 2.05) is 0 Å². The second-order valence-electron chi connectivity index (χ2n) is 0.396. The molecule has 0 aliphatic heterocycles. The maximum Gasteiger partial charge on any atom is 0.368 e. The summed E-state index contributed by atoms with van der Waals surface area (Å²) in [5.74, 6) is 0. The van der Waals surface area contributed by atoms with Crippen LogP contribution in [0.1, 0.15) is 0 Å². The van der Waals surface area contributed by atoms with Crippen molar-refractivity contribution in [2.24, 2.45) is 0 Å². The Hall–Kier alpha value is 1.06. The van der Waals surface area contributed by atoms with Crippen molar-refractivity contribution in [1.29, 1.82) is 0 Å². The Kier molecular flexibility index (Phi) is 5.26. The molecule has 0 unspecified atom stereocenters. The second-order valence-corrected chi connectivity index (χ2v) is 2.66. The van der Waals surface area contributed by atoms with Crippen LogP contribution in [0.4, 0.5) is 0 Å². The summed E-state index contributed by atoms with van der Waals surface area (Å²) in [6.45, 7) is 0. The van der Waals surface area contributed by atoms with Gasteiger partial charge < -0.3 is 0 Å². The molecule has 6 heavy (non-hydrogen) atoms. The molecule has 4 nitrogen and oxygen atoms in total. The Balaban J connectivity index is 0. The van der Waals surface area contributed by atoms with Crippen LogP contribution in [0.15, 0.2) is 0 Å². The predicted molar refractivity (Wildman–Crippen MR) is 2.22 cm³/mol. The molecule has 1 N–H and O–H groups in total. The minimum absolute atomic E-state index is 0. The first kappa shape index (κ1) is 10.1. The smallest absolute Gasteiger partial charge is 0.256 e. The van der Waals surface area contributed by atoms with Crippen LogP contribution in [0, 0.1) is 0 Å². The van der Waals surface area contributed by atoms with E-state index >= 15 is 0 Å². The molecule has 0 aromatic carbocycles. The normalized spacial score (nSPS) is 10.0. The van der Waals surface area contributed by atoms with Crippen LogP contribution < -0.4 is 30.4 Å². The van der Waals surface area contributed by atoms with Gasteiger partial charge in [-0.2, -0.15) is 0 Å². The first-order chi connectivity index (χ1) is 2.00. The molecule has 0 saturated heterocycles. The average molecular weight is 251 g/mol. The maximum absolute atomic E-state index is 8.73. The van der Waals surface area contributed by atoms with Crippen molar-refractivity contribution in [2.75, 3.05) is 0 Å². The van der Waals surface area contributed by atoms with Gasteiger partial charge in [0.05, 0.1) is 0 Å². The van der Waals surface area contributed by atoms with Crippen LogP contribution in [-0.4, -0.2) is 3.44 Å². The van der Waals surface area contributed by atoms with Crippen LogP contribution >= 0.6 is 0 Å². The summed E-state index contributed by atoms with van der Waals surface area (Å²) in [7, 11) is 0. The fourth-order valence-electron chi connectivity index (χ4n) is 0. The fourth-order valence-corrected chi connectivity index (χ4v) is 0.